The van der Waals surface area contributed by atoms with Crippen LogP contribution in [0.4, 0.5) is 5.69 Å². The van der Waals surface area contributed by atoms with E-state index in [9.17, 15) is 19.8 Å². The van der Waals surface area contributed by atoms with Gasteiger partial charge in [-0.2, -0.15) is 4.58 Å². The van der Waals surface area contributed by atoms with Gasteiger partial charge in [0.05, 0.1) is 17.2 Å². The number of fused-ring (bicyclic) bond motifs is 11. The standard InChI is InChI=1S/C59H52N2O4/c1-58(38-40-20-6-3-7-21-40)50(60(36-34-52(62)63)56-48-30-18-14-26-44(48)42-24-12-16-28-46(42)54(56)58)32-10-5-11-33-51-59(2,39-41-22-8-4-9-23-41)55-47-29-17-13-25-43(47)45-27-15-19-31-49(45)57(55)61(51)37-35-53(64)65/h3-28,30-33,47H,29,34-39H2,1-2H3,(H-,62,63,64,65)/p+1. The molecule has 0 bridgehead atoms. The second-order valence-corrected chi connectivity index (χ2v) is 18.2. The predicted octanol–water partition coefficient (Wildman–Crippen LogP) is 12.5. The SMILES string of the molecule is CC1(Cc2ccccc2)C2=C(c3ccccc3C3=CC=CCC32)N(CCC(=O)O)\C1=C/C=C/C=C/C1=[N+](CCC(=O)O)c2c(c3ccccc3c3ccccc23)C1(C)Cc1ccccc1. The van der Waals surface area contributed by atoms with Gasteiger partial charge < -0.3 is 15.1 Å². The molecule has 0 aromatic heterocycles. The highest BCUT2D eigenvalue weighted by molar-refractivity contribution is 6.19. The number of aliphatic carboxylic acids is 2. The van der Waals surface area contributed by atoms with Crippen molar-refractivity contribution in [3.63, 3.8) is 0 Å². The fourth-order valence-electron chi connectivity index (χ4n) is 11.6. The molecule has 2 aliphatic carbocycles. The molecule has 0 saturated heterocycles. The molecule has 3 unspecified atom stereocenters. The normalized spacial score (nSPS) is 21.7. The molecular weight excluding hydrogens is 801 g/mol. The summed E-state index contributed by atoms with van der Waals surface area (Å²) < 4.78 is 2.27. The Morgan fingerprint density at radius 2 is 1.26 bits per heavy atom. The van der Waals surface area contributed by atoms with Crippen molar-refractivity contribution in [2.24, 2.45) is 11.3 Å². The Morgan fingerprint density at radius 1 is 0.677 bits per heavy atom. The summed E-state index contributed by atoms with van der Waals surface area (Å²) in [5, 5.41) is 24.8. The second-order valence-electron chi connectivity index (χ2n) is 18.2. The highest BCUT2D eigenvalue weighted by Crippen LogP contribution is 2.61. The maximum atomic E-state index is 12.3. The minimum absolute atomic E-state index is 0.00298. The molecule has 3 atom stereocenters. The zero-order valence-corrected chi connectivity index (χ0v) is 37.0. The van der Waals surface area contributed by atoms with Gasteiger partial charge >= 0.3 is 11.9 Å². The third kappa shape index (κ3) is 7.27. The Kier molecular flexibility index (Phi) is 10.9. The van der Waals surface area contributed by atoms with Crippen LogP contribution in [-0.4, -0.2) is 50.4 Å². The van der Waals surface area contributed by atoms with Crippen LogP contribution in [0.25, 0.3) is 32.8 Å². The molecule has 0 spiro atoms. The number of allylic oxidation sites excluding steroid dienone is 10. The Bertz CT molecular complexity index is 3110. The quantitative estimate of drug-likeness (QED) is 0.0687. The van der Waals surface area contributed by atoms with Crippen molar-refractivity contribution in [3.05, 3.63) is 221 Å². The van der Waals surface area contributed by atoms with Gasteiger partial charge in [-0.3, -0.25) is 9.59 Å². The summed E-state index contributed by atoms with van der Waals surface area (Å²) in [6, 6.07) is 47.0. The van der Waals surface area contributed by atoms with Crippen LogP contribution in [0.15, 0.2) is 193 Å². The molecule has 2 aliphatic heterocycles. The molecule has 322 valence electrons. The lowest BCUT2D eigenvalue weighted by Crippen LogP contribution is -2.34. The summed E-state index contributed by atoms with van der Waals surface area (Å²) in [5.41, 5.74) is 12.1. The maximum Gasteiger partial charge on any atom is 0.309 e. The zero-order valence-electron chi connectivity index (χ0n) is 37.0. The van der Waals surface area contributed by atoms with E-state index in [1.165, 1.54) is 44.2 Å². The van der Waals surface area contributed by atoms with Gasteiger partial charge in [0.25, 0.3) is 0 Å². The molecule has 4 aliphatic rings. The van der Waals surface area contributed by atoms with Gasteiger partial charge in [-0.25, -0.2) is 0 Å². The van der Waals surface area contributed by atoms with Gasteiger partial charge in [0, 0.05) is 46.5 Å². The largest absolute Gasteiger partial charge is 0.481 e. The van der Waals surface area contributed by atoms with E-state index in [0.29, 0.717) is 13.1 Å². The fourth-order valence-corrected chi connectivity index (χ4v) is 11.6. The van der Waals surface area contributed by atoms with E-state index >= 15 is 0 Å². The molecule has 6 aromatic rings. The van der Waals surface area contributed by atoms with E-state index in [-0.39, 0.29) is 18.8 Å². The van der Waals surface area contributed by atoms with E-state index in [0.717, 1.165) is 58.4 Å². The minimum Gasteiger partial charge on any atom is -0.481 e. The number of benzene rings is 6. The molecule has 2 heterocycles. The molecule has 10 rings (SSSR count). The average Bonchev–Trinajstić information content (AvgIpc) is 3.71. The Hall–Kier alpha value is -7.31. The number of nitrogens with zero attached hydrogens (tertiary/aromatic N) is 2. The van der Waals surface area contributed by atoms with Crippen molar-refractivity contribution in [1.29, 1.82) is 0 Å². The highest BCUT2D eigenvalue weighted by Gasteiger charge is 2.52. The van der Waals surface area contributed by atoms with E-state index in [1.54, 1.807) is 0 Å². The minimum atomic E-state index is -0.837. The molecular formula is C59H53N2O4+. The molecule has 6 nitrogen and oxygen atoms in total. The summed E-state index contributed by atoms with van der Waals surface area (Å²) in [6.45, 7) is 5.34. The molecule has 0 radical (unpaired) electrons. The number of carbonyl (C=O) groups is 2. The summed E-state index contributed by atoms with van der Waals surface area (Å²) in [4.78, 5) is 27.0. The first-order valence-electron chi connectivity index (χ1n) is 22.8. The summed E-state index contributed by atoms with van der Waals surface area (Å²) in [6.07, 6.45) is 19.7. The third-order valence-corrected chi connectivity index (χ3v) is 14.2. The summed E-state index contributed by atoms with van der Waals surface area (Å²) >= 11 is 0. The molecule has 6 heteroatoms. The monoisotopic (exact) mass is 853 g/mol. The lowest BCUT2D eigenvalue weighted by atomic mass is 9.64. The number of hydrogen-bond acceptors (Lipinski definition) is 3. The smallest absolute Gasteiger partial charge is 0.309 e. The fraction of sp³-hybridized carbons (Fsp3) is 0.203. The van der Waals surface area contributed by atoms with E-state index < -0.39 is 22.8 Å². The van der Waals surface area contributed by atoms with Crippen LogP contribution in [0.5, 0.6) is 0 Å². The van der Waals surface area contributed by atoms with Crippen molar-refractivity contribution >= 4 is 56.2 Å². The lowest BCUT2D eigenvalue weighted by Gasteiger charge is -2.38. The van der Waals surface area contributed by atoms with Crippen molar-refractivity contribution in [2.45, 2.75) is 51.4 Å². The van der Waals surface area contributed by atoms with Gasteiger partial charge in [0.2, 0.25) is 5.69 Å². The third-order valence-electron chi connectivity index (χ3n) is 14.2. The lowest BCUT2D eigenvalue weighted by molar-refractivity contribution is -0.435. The molecule has 0 amide bonds. The van der Waals surface area contributed by atoms with Gasteiger partial charge in [-0.05, 0) is 89.2 Å². The topological polar surface area (TPSA) is 80.9 Å². The predicted molar refractivity (Wildman–Crippen MR) is 263 cm³/mol. The summed E-state index contributed by atoms with van der Waals surface area (Å²) in [5.74, 6) is -1.50. The van der Waals surface area contributed by atoms with Gasteiger partial charge in [-0.15, -0.1) is 0 Å². The van der Waals surface area contributed by atoms with E-state index in [1.807, 2.05) is 6.07 Å². The maximum absolute atomic E-state index is 12.3. The van der Waals surface area contributed by atoms with Crippen LogP contribution in [0.1, 0.15) is 60.9 Å². The van der Waals surface area contributed by atoms with Crippen LogP contribution in [0.2, 0.25) is 0 Å². The molecule has 65 heavy (non-hydrogen) atoms. The Morgan fingerprint density at radius 3 is 1.94 bits per heavy atom. The van der Waals surface area contributed by atoms with Crippen LogP contribution in [0.3, 0.4) is 0 Å². The van der Waals surface area contributed by atoms with Crippen LogP contribution in [-0.2, 0) is 27.8 Å². The number of carboxylic acids is 2. The van der Waals surface area contributed by atoms with Gasteiger partial charge in [0.15, 0.2) is 12.3 Å². The first-order chi connectivity index (χ1) is 31.7. The van der Waals surface area contributed by atoms with Crippen LogP contribution in [0, 0.1) is 11.3 Å². The number of carboxylic acid groups (broad SMARTS) is 2. The number of hydrogen-bond donors (Lipinski definition) is 2. The first-order valence-corrected chi connectivity index (χ1v) is 22.8. The average molecular weight is 854 g/mol. The molecule has 0 saturated carbocycles. The first kappa shape index (κ1) is 41.7. The van der Waals surface area contributed by atoms with Gasteiger partial charge in [-0.1, -0.05) is 164 Å². The van der Waals surface area contributed by atoms with Crippen molar-refractivity contribution < 1.29 is 24.4 Å². The van der Waals surface area contributed by atoms with Crippen LogP contribution >= 0.6 is 0 Å². The van der Waals surface area contributed by atoms with Crippen molar-refractivity contribution in [1.82, 2.24) is 4.90 Å². The van der Waals surface area contributed by atoms with Crippen molar-refractivity contribution in [2.75, 3.05) is 13.1 Å². The Balaban J connectivity index is 1.12. The number of rotatable bonds is 13. The van der Waals surface area contributed by atoms with Crippen LogP contribution < -0.4 is 0 Å². The van der Waals surface area contributed by atoms with Crippen molar-refractivity contribution in [3.8, 4) is 0 Å². The molecule has 6 aromatic carbocycles. The zero-order chi connectivity index (χ0) is 44.7. The van der Waals surface area contributed by atoms with Gasteiger partial charge in [0.1, 0.15) is 6.42 Å². The van der Waals surface area contributed by atoms with E-state index in [2.05, 4.69) is 199 Å². The van der Waals surface area contributed by atoms with E-state index in [4.69, 9.17) is 0 Å². The molecule has 2 N–H and O–H groups in total. The highest BCUT2D eigenvalue weighted by atomic mass is 16.4. The summed E-state index contributed by atoms with van der Waals surface area (Å²) in [7, 11) is 0. The Labute approximate surface area is 380 Å². The second kappa shape index (κ2) is 17.0. The molecule has 0 fully saturated rings.